The van der Waals surface area contributed by atoms with Crippen LogP contribution in [0.5, 0.6) is 0 Å². The molecule has 2 rings (SSSR count). The SMILES string of the molecule is COC1CNCC12CC2.Cl. The normalized spacial score (nSPS) is 33.9. The minimum atomic E-state index is 0. The Labute approximate surface area is 67.7 Å². The van der Waals surface area contributed by atoms with Crippen molar-refractivity contribution in [3.8, 4) is 0 Å². The van der Waals surface area contributed by atoms with E-state index in [1.807, 2.05) is 7.11 Å². The summed E-state index contributed by atoms with van der Waals surface area (Å²) in [4.78, 5) is 0. The van der Waals surface area contributed by atoms with Gasteiger partial charge in [0.15, 0.2) is 0 Å². The lowest BCUT2D eigenvalue weighted by Crippen LogP contribution is -2.21. The van der Waals surface area contributed by atoms with Crippen LogP contribution in [0.15, 0.2) is 0 Å². The third-order valence-electron chi connectivity index (χ3n) is 2.67. The number of ether oxygens (including phenoxy) is 1. The van der Waals surface area contributed by atoms with Crippen LogP contribution in [0, 0.1) is 5.41 Å². The standard InChI is InChI=1S/C7H13NO.ClH/c1-9-6-4-8-5-7(6)2-3-7;/h6,8H,2-5H2,1H3;1H. The summed E-state index contributed by atoms with van der Waals surface area (Å²) in [5.41, 5.74) is 0.578. The number of rotatable bonds is 1. The van der Waals surface area contributed by atoms with Gasteiger partial charge in [-0.05, 0) is 12.8 Å². The van der Waals surface area contributed by atoms with E-state index in [-0.39, 0.29) is 12.4 Å². The monoisotopic (exact) mass is 163 g/mol. The minimum absolute atomic E-state index is 0. The Balaban J connectivity index is 0.000000500. The van der Waals surface area contributed by atoms with Gasteiger partial charge in [-0.3, -0.25) is 0 Å². The zero-order valence-corrected chi connectivity index (χ0v) is 7.04. The molecule has 3 heteroatoms. The summed E-state index contributed by atoms with van der Waals surface area (Å²) in [6, 6.07) is 0. The van der Waals surface area contributed by atoms with E-state index in [0.29, 0.717) is 11.5 Å². The van der Waals surface area contributed by atoms with Gasteiger partial charge in [0.05, 0.1) is 6.10 Å². The molecule has 2 aliphatic rings. The number of nitrogens with one attached hydrogen (secondary N) is 1. The maximum Gasteiger partial charge on any atom is 0.0763 e. The van der Waals surface area contributed by atoms with Crippen molar-refractivity contribution in [1.29, 1.82) is 0 Å². The van der Waals surface area contributed by atoms with Crippen molar-refractivity contribution < 1.29 is 4.74 Å². The third kappa shape index (κ3) is 1.04. The topological polar surface area (TPSA) is 21.3 Å². The van der Waals surface area contributed by atoms with Crippen molar-refractivity contribution >= 4 is 12.4 Å². The van der Waals surface area contributed by atoms with Gasteiger partial charge in [0.1, 0.15) is 0 Å². The smallest absolute Gasteiger partial charge is 0.0763 e. The maximum atomic E-state index is 5.33. The number of hydrogen-bond acceptors (Lipinski definition) is 2. The highest BCUT2D eigenvalue weighted by Crippen LogP contribution is 2.51. The Morgan fingerprint density at radius 3 is 2.60 bits per heavy atom. The summed E-state index contributed by atoms with van der Waals surface area (Å²) in [6.07, 6.45) is 3.26. The van der Waals surface area contributed by atoms with Crippen molar-refractivity contribution in [2.45, 2.75) is 18.9 Å². The Morgan fingerprint density at radius 1 is 1.50 bits per heavy atom. The summed E-state index contributed by atoms with van der Waals surface area (Å²) in [7, 11) is 1.82. The highest BCUT2D eigenvalue weighted by atomic mass is 35.5. The van der Waals surface area contributed by atoms with E-state index in [9.17, 15) is 0 Å². The molecule has 0 aromatic rings. The molecule has 1 aliphatic carbocycles. The van der Waals surface area contributed by atoms with Gasteiger partial charge in [-0.25, -0.2) is 0 Å². The van der Waals surface area contributed by atoms with Crippen molar-refractivity contribution in [3.05, 3.63) is 0 Å². The summed E-state index contributed by atoms with van der Waals surface area (Å²) in [6.45, 7) is 2.25. The molecule has 1 aliphatic heterocycles. The fraction of sp³-hybridized carbons (Fsp3) is 1.00. The quantitative estimate of drug-likeness (QED) is 0.618. The third-order valence-corrected chi connectivity index (χ3v) is 2.67. The molecule has 0 aromatic heterocycles. The van der Waals surface area contributed by atoms with E-state index in [1.54, 1.807) is 0 Å². The molecule has 0 amide bonds. The van der Waals surface area contributed by atoms with Crippen molar-refractivity contribution in [1.82, 2.24) is 5.32 Å². The lowest BCUT2D eigenvalue weighted by Gasteiger charge is -2.13. The van der Waals surface area contributed by atoms with Crippen LogP contribution < -0.4 is 5.32 Å². The first-order chi connectivity index (χ1) is 4.37. The molecule has 2 nitrogen and oxygen atoms in total. The van der Waals surface area contributed by atoms with Gasteiger partial charge in [0.2, 0.25) is 0 Å². The van der Waals surface area contributed by atoms with Gasteiger partial charge in [-0.15, -0.1) is 12.4 Å². The molecule has 0 bridgehead atoms. The molecule has 0 aromatic carbocycles. The lowest BCUT2D eigenvalue weighted by atomic mass is 10.0. The molecular weight excluding hydrogens is 150 g/mol. The fourth-order valence-electron chi connectivity index (χ4n) is 1.78. The van der Waals surface area contributed by atoms with Gasteiger partial charge in [-0.1, -0.05) is 0 Å². The number of halogens is 1. The molecule has 1 spiro atoms. The molecule has 1 saturated heterocycles. The van der Waals surface area contributed by atoms with E-state index in [4.69, 9.17) is 4.74 Å². The molecule has 0 radical (unpaired) electrons. The Kier molecular flexibility index (Phi) is 2.23. The second kappa shape index (κ2) is 2.68. The second-order valence-corrected chi connectivity index (χ2v) is 3.22. The molecule has 1 N–H and O–H groups in total. The molecule has 1 saturated carbocycles. The molecule has 1 atom stereocenters. The van der Waals surface area contributed by atoms with Crippen LogP contribution in [-0.2, 0) is 4.74 Å². The van der Waals surface area contributed by atoms with Gasteiger partial charge >= 0.3 is 0 Å². The predicted molar refractivity (Wildman–Crippen MR) is 42.6 cm³/mol. The number of hydrogen-bond donors (Lipinski definition) is 1. The maximum absolute atomic E-state index is 5.33. The highest BCUT2D eigenvalue weighted by molar-refractivity contribution is 5.85. The van der Waals surface area contributed by atoms with E-state index in [0.717, 1.165) is 6.54 Å². The second-order valence-electron chi connectivity index (χ2n) is 3.22. The van der Waals surface area contributed by atoms with Gasteiger partial charge < -0.3 is 10.1 Å². The van der Waals surface area contributed by atoms with Crippen molar-refractivity contribution in [2.75, 3.05) is 20.2 Å². The Morgan fingerprint density at radius 2 is 2.20 bits per heavy atom. The van der Waals surface area contributed by atoms with Gasteiger partial charge in [0.25, 0.3) is 0 Å². The summed E-state index contributed by atoms with van der Waals surface area (Å²) in [5.74, 6) is 0. The first-order valence-corrected chi connectivity index (χ1v) is 3.61. The Bertz CT molecular complexity index is 125. The van der Waals surface area contributed by atoms with Crippen LogP contribution in [0.2, 0.25) is 0 Å². The van der Waals surface area contributed by atoms with Crippen molar-refractivity contribution in [3.63, 3.8) is 0 Å². The van der Waals surface area contributed by atoms with Gasteiger partial charge in [0, 0.05) is 25.6 Å². The van der Waals surface area contributed by atoms with Crippen LogP contribution in [0.4, 0.5) is 0 Å². The van der Waals surface area contributed by atoms with E-state index >= 15 is 0 Å². The van der Waals surface area contributed by atoms with Crippen LogP contribution in [0.3, 0.4) is 0 Å². The van der Waals surface area contributed by atoms with E-state index in [2.05, 4.69) is 5.32 Å². The molecule has 1 unspecified atom stereocenters. The average Bonchev–Trinajstić information content (AvgIpc) is 2.45. The predicted octanol–water partition coefficient (Wildman–Crippen LogP) is 0.807. The van der Waals surface area contributed by atoms with Crippen LogP contribution >= 0.6 is 12.4 Å². The Hall–Kier alpha value is 0.210. The number of methoxy groups -OCH3 is 1. The average molecular weight is 164 g/mol. The molecular formula is C7H14ClNO. The molecule has 60 valence electrons. The molecule has 10 heavy (non-hydrogen) atoms. The summed E-state index contributed by atoms with van der Waals surface area (Å²) < 4.78 is 5.33. The highest BCUT2D eigenvalue weighted by Gasteiger charge is 2.52. The van der Waals surface area contributed by atoms with Crippen LogP contribution in [-0.4, -0.2) is 26.3 Å². The molecule has 2 fully saturated rings. The first kappa shape index (κ1) is 8.31. The summed E-state index contributed by atoms with van der Waals surface area (Å²) in [5, 5.41) is 3.35. The fourth-order valence-corrected chi connectivity index (χ4v) is 1.78. The van der Waals surface area contributed by atoms with Crippen LogP contribution in [0.25, 0.3) is 0 Å². The molecule has 1 heterocycles. The van der Waals surface area contributed by atoms with E-state index in [1.165, 1.54) is 19.4 Å². The van der Waals surface area contributed by atoms with Crippen LogP contribution in [0.1, 0.15) is 12.8 Å². The van der Waals surface area contributed by atoms with E-state index < -0.39 is 0 Å². The zero-order valence-electron chi connectivity index (χ0n) is 6.22. The largest absolute Gasteiger partial charge is 0.380 e. The lowest BCUT2D eigenvalue weighted by molar-refractivity contribution is 0.0733. The zero-order chi connectivity index (χ0) is 6.32. The minimum Gasteiger partial charge on any atom is -0.380 e. The van der Waals surface area contributed by atoms with Crippen molar-refractivity contribution in [2.24, 2.45) is 5.41 Å². The van der Waals surface area contributed by atoms with Gasteiger partial charge in [-0.2, -0.15) is 0 Å². The first-order valence-electron chi connectivity index (χ1n) is 3.61. The summed E-state index contributed by atoms with van der Waals surface area (Å²) >= 11 is 0.